The summed E-state index contributed by atoms with van der Waals surface area (Å²) in [4.78, 5) is 5.92. The molecule has 3 nitrogen and oxygen atoms in total. The van der Waals surface area contributed by atoms with Gasteiger partial charge >= 0.3 is 0 Å². The van der Waals surface area contributed by atoms with E-state index in [1.807, 2.05) is 24.3 Å². The van der Waals surface area contributed by atoms with Crippen molar-refractivity contribution in [3.05, 3.63) is 58.5 Å². The van der Waals surface area contributed by atoms with Gasteiger partial charge in [-0.2, -0.15) is 5.26 Å². The second-order valence-electron chi connectivity index (χ2n) is 5.40. The molecule has 1 heterocycles. The molecular formula is C19H18N2OS. The first-order chi connectivity index (χ1) is 11.3. The van der Waals surface area contributed by atoms with E-state index in [1.54, 1.807) is 23.6 Å². The Labute approximate surface area is 140 Å². The lowest BCUT2D eigenvalue weighted by Gasteiger charge is -2.09. The van der Waals surface area contributed by atoms with Gasteiger partial charge in [0.15, 0.2) is 0 Å². The summed E-state index contributed by atoms with van der Waals surface area (Å²) in [6.07, 6.45) is 7.96. The zero-order valence-corrected chi connectivity index (χ0v) is 13.7. The summed E-state index contributed by atoms with van der Waals surface area (Å²) in [5.74, 6) is 0.774. The molecule has 0 fully saturated rings. The average molecular weight is 322 g/mol. The molecule has 0 aliphatic heterocycles. The molecule has 0 amide bonds. The third-order valence-corrected chi connectivity index (χ3v) is 5.06. The minimum atomic E-state index is 0.460. The van der Waals surface area contributed by atoms with Gasteiger partial charge in [-0.15, -0.1) is 11.3 Å². The fourth-order valence-corrected chi connectivity index (χ4v) is 3.94. The summed E-state index contributed by atoms with van der Waals surface area (Å²) < 4.78 is 5.64. The van der Waals surface area contributed by atoms with Crippen LogP contribution in [0.2, 0.25) is 0 Å². The Hall–Kier alpha value is -2.38. The number of fused-ring (bicyclic) bond motifs is 1. The maximum Gasteiger partial charge on any atom is 0.134 e. The van der Waals surface area contributed by atoms with Crippen LogP contribution in [0, 0.1) is 11.3 Å². The predicted octanol–water partition coefficient (Wildman–Crippen LogP) is 4.81. The van der Waals surface area contributed by atoms with Crippen LogP contribution in [0.5, 0.6) is 5.75 Å². The van der Waals surface area contributed by atoms with E-state index in [0.717, 1.165) is 34.7 Å². The Bertz CT molecular complexity index is 783. The van der Waals surface area contributed by atoms with Crippen molar-refractivity contribution < 1.29 is 4.74 Å². The lowest BCUT2D eigenvalue weighted by Crippen LogP contribution is -1.99. The third-order valence-electron chi connectivity index (χ3n) is 3.86. The van der Waals surface area contributed by atoms with Gasteiger partial charge in [-0.3, -0.25) is 0 Å². The molecule has 1 aliphatic carbocycles. The number of thiophene rings is 1. The quantitative estimate of drug-likeness (QED) is 0.585. The highest BCUT2D eigenvalue weighted by Crippen LogP contribution is 2.39. The minimum Gasteiger partial charge on any atom is -0.489 e. The smallest absolute Gasteiger partial charge is 0.134 e. The molecule has 0 saturated heterocycles. The fourth-order valence-electron chi connectivity index (χ4n) is 2.75. The maximum absolute atomic E-state index is 9.48. The van der Waals surface area contributed by atoms with Crippen molar-refractivity contribution in [2.45, 2.75) is 25.7 Å². The van der Waals surface area contributed by atoms with E-state index in [0.29, 0.717) is 6.61 Å². The molecule has 3 rings (SSSR count). The van der Waals surface area contributed by atoms with Crippen LogP contribution in [0.1, 0.15) is 34.4 Å². The summed E-state index contributed by atoms with van der Waals surface area (Å²) in [5, 5.41) is 10.3. The standard InChI is InChI=1S/C19H18N2OS/c1-2-11-22-17-9-5-3-7-14(17)13-21-19-16(12-20)15-8-4-6-10-18(15)23-19/h2-3,5,7,9,13H,1,4,6,8,10-11H2. The lowest BCUT2D eigenvalue weighted by molar-refractivity contribution is 0.363. The number of para-hydroxylation sites is 1. The van der Waals surface area contributed by atoms with Crippen LogP contribution in [0.25, 0.3) is 0 Å². The Kier molecular flexibility index (Phi) is 4.89. The zero-order chi connectivity index (χ0) is 16.1. The van der Waals surface area contributed by atoms with Gasteiger partial charge in [0.2, 0.25) is 0 Å². The predicted molar refractivity (Wildman–Crippen MR) is 95.1 cm³/mol. The first-order valence-corrected chi connectivity index (χ1v) is 8.56. The van der Waals surface area contributed by atoms with Crippen LogP contribution in [0.4, 0.5) is 5.00 Å². The van der Waals surface area contributed by atoms with Gasteiger partial charge in [0.25, 0.3) is 0 Å². The highest BCUT2D eigenvalue weighted by atomic mass is 32.1. The Morgan fingerprint density at radius 2 is 2.13 bits per heavy atom. The molecular weight excluding hydrogens is 304 g/mol. The number of hydrogen-bond donors (Lipinski definition) is 0. The average Bonchev–Trinajstić information content (AvgIpc) is 2.96. The number of aliphatic imine (C=N–C) groups is 1. The van der Waals surface area contributed by atoms with Crippen molar-refractivity contribution in [2.24, 2.45) is 4.99 Å². The molecule has 0 spiro atoms. The van der Waals surface area contributed by atoms with E-state index in [4.69, 9.17) is 4.74 Å². The van der Waals surface area contributed by atoms with Crippen molar-refractivity contribution in [1.29, 1.82) is 5.26 Å². The molecule has 0 bridgehead atoms. The second kappa shape index (κ2) is 7.26. The molecule has 2 aromatic rings. The normalized spacial score (nSPS) is 13.5. The van der Waals surface area contributed by atoms with Gasteiger partial charge in [-0.1, -0.05) is 24.8 Å². The van der Waals surface area contributed by atoms with Gasteiger partial charge in [-0.05, 0) is 43.4 Å². The van der Waals surface area contributed by atoms with Crippen molar-refractivity contribution in [1.82, 2.24) is 0 Å². The third kappa shape index (κ3) is 3.35. The Balaban J connectivity index is 1.91. The summed E-state index contributed by atoms with van der Waals surface area (Å²) in [7, 11) is 0. The molecule has 0 radical (unpaired) electrons. The highest BCUT2D eigenvalue weighted by Gasteiger charge is 2.20. The molecule has 1 aromatic heterocycles. The molecule has 0 saturated carbocycles. The number of nitrogens with zero attached hydrogens (tertiary/aromatic N) is 2. The van der Waals surface area contributed by atoms with Gasteiger partial charge in [0.05, 0.1) is 5.56 Å². The Morgan fingerprint density at radius 1 is 1.30 bits per heavy atom. The van der Waals surface area contributed by atoms with Crippen LogP contribution in [-0.4, -0.2) is 12.8 Å². The van der Waals surface area contributed by atoms with Crippen molar-refractivity contribution in [3.8, 4) is 11.8 Å². The minimum absolute atomic E-state index is 0.460. The van der Waals surface area contributed by atoms with Crippen LogP contribution < -0.4 is 4.74 Å². The van der Waals surface area contributed by atoms with E-state index < -0.39 is 0 Å². The number of ether oxygens (including phenoxy) is 1. The number of nitriles is 1. The van der Waals surface area contributed by atoms with Crippen LogP contribution in [0.3, 0.4) is 0 Å². The molecule has 0 unspecified atom stereocenters. The van der Waals surface area contributed by atoms with Gasteiger partial charge in [0, 0.05) is 16.7 Å². The van der Waals surface area contributed by atoms with Crippen molar-refractivity contribution in [3.63, 3.8) is 0 Å². The van der Waals surface area contributed by atoms with Gasteiger partial charge in [0.1, 0.15) is 23.4 Å². The Morgan fingerprint density at radius 3 is 2.96 bits per heavy atom. The zero-order valence-electron chi connectivity index (χ0n) is 12.9. The monoisotopic (exact) mass is 322 g/mol. The number of aryl methyl sites for hydroxylation is 1. The first-order valence-electron chi connectivity index (χ1n) is 7.75. The number of benzene rings is 1. The van der Waals surface area contributed by atoms with E-state index >= 15 is 0 Å². The highest BCUT2D eigenvalue weighted by molar-refractivity contribution is 7.16. The number of hydrogen-bond acceptors (Lipinski definition) is 4. The summed E-state index contributed by atoms with van der Waals surface area (Å²) in [6, 6.07) is 10.1. The van der Waals surface area contributed by atoms with Gasteiger partial charge < -0.3 is 4.74 Å². The van der Waals surface area contributed by atoms with Crippen molar-refractivity contribution >= 4 is 22.6 Å². The largest absolute Gasteiger partial charge is 0.489 e. The topological polar surface area (TPSA) is 45.4 Å². The van der Waals surface area contributed by atoms with Crippen LogP contribution in [-0.2, 0) is 12.8 Å². The van der Waals surface area contributed by atoms with Crippen LogP contribution >= 0.6 is 11.3 Å². The van der Waals surface area contributed by atoms with Gasteiger partial charge in [-0.25, -0.2) is 4.99 Å². The molecule has 1 aliphatic rings. The van der Waals surface area contributed by atoms with Crippen LogP contribution in [0.15, 0.2) is 41.9 Å². The van der Waals surface area contributed by atoms with E-state index in [2.05, 4.69) is 17.6 Å². The van der Waals surface area contributed by atoms with E-state index in [-0.39, 0.29) is 0 Å². The summed E-state index contributed by atoms with van der Waals surface area (Å²) in [5.41, 5.74) is 2.88. The molecule has 23 heavy (non-hydrogen) atoms. The summed E-state index contributed by atoms with van der Waals surface area (Å²) in [6.45, 7) is 4.13. The lowest BCUT2D eigenvalue weighted by atomic mass is 9.96. The first kappa shape index (κ1) is 15.5. The maximum atomic E-state index is 9.48. The number of rotatable bonds is 5. The van der Waals surface area contributed by atoms with E-state index in [1.165, 1.54) is 23.3 Å². The SMILES string of the molecule is C=CCOc1ccccc1C=Nc1sc2c(c1C#N)CCCC2. The fraction of sp³-hybridized carbons (Fsp3) is 0.263. The molecule has 1 aromatic carbocycles. The van der Waals surface area contributed by atoms with E-state index in [9.17, 15) is 5.26 Å². The second-order valence-corrected chi connectivity index (χ2v) is 6.48. The molecule has 116 valence electrons. The summed E-state index contributed by atoms with van der Waals surface area (Å²) >= 11 is 1.65. The molecule has 4 heteroatoms. The molecule has 0 N–H and O–H groups in total. The van der Waals surface area contributed by atoms with Crippen molar-refractivity contribution in [2.75, 3.05) is 6.61 Å². The molecule has 0 atom stereocenters.